The molecule has 0 aliphatic carbocycles. The lowest BCUT2D eigenvalue weighted by atomic mass is 10.1. The second kappa shape index (κ2) is 9.55. The second-order valence-electron chi connectivity index (χ2n) is 7.86. The van der Waals surface area contributed by atoms with Crippen LogP contribution in [-0.4, -0.2) is 26.9 Å². The number of non-ortho nitro benzene ring substituents is 1. The zero-order valence-corrected chi connectivity index (χ0v) is 19.4. The molecule has 0 spiro atoms. The van der Waals surface area contributed by atoms with Gasteiger partial charge in [0.25, 0.3) is 5.69 Å². The number of imidazole rings is 1. The SMILES string of the molecule is COc1cccc(/C=C(\C#N)c2nc3cc(C)c(C)cc3[nH]2)c1Oc1ccc([N+](=O)[O-])cc1[N+](=O)[O-]. The Morgan fingerprint density at radius 3 is 2.47 bits per heavy atom. The Balaban J connectivity index is 1.82. The van der Waals surface area contributed by atoms with E-state index in [1.165, 1.54) is 13.2 Å². The molecule has 0 fully saturated rings. The number of fused-ring (bicyclic) bond motifs is 1. The molecule has 0 bridgehead atoms. The van der Waals surface area contributed by atoms with Gasteiger partial charge in [0.05, 0.1) is 39.6 Å². The zero-order valence-electron chi connectivity index (χ0n) is 19.4. The Bertz CT molecular complexity index is 1560. The highest BCUT2D eigenvalue weighted by Crippen LogP contribution is 2.41. The third-order valence-corrected chi connectivity index (χ3v) is 5.56. The predicted molar refractivity (Wildman–Crippen MR) is 132 cm³/mol. The van der Waals surface area contributed by atoms with E-state index in [0.717, 1.165) is 34.8 Å². The molecule has 1 heterocycles. The molecule has 0 aliphatic rings. The maximum absolute atomic E-state index is 11.6. The third-order valence-electron chi connectivity index (χ3n) is 5.56. The van der Waals surface area contributed by atoms with Gasteiger partial charge < -0.3 is 14.5 Å². The Morgan fingerprint density at radius 2 is 1.81 bits per heavy atom. The van der Waals surface area contributed by atoms with Crippen molar-refractivity contribution >= 4 is 34.1 Å². The molecule has 36 heavy (non-hydrogen) atoms. The molecule has 180 valence electrons. The van der Waals surface area contributed by atoms with Crippen molar-refractivity contribution in [3.8, 4) is 23.3 Å². The van der Waals surface area contributed by atoms with Crippen molar-refractivity contribution < 1.29 is 19.3 Å². The van der Waals surface area contributed by atoms with Crippen LogP contribution in [0.2, 0.25) is 0 Å². The summed E-state index contributed by atoms with van der Waals surface area (Å²) >= 11 is 0. The summed E-state index contributed by atoms with van der Waals surface area (Å²) in [5, 5.41) is 32.5. The number of rotatable bonds is 7. The van der Waals surface area contributed by atoms with Gasteiger partial charge in [-0.15, -0.1) is 0 Å². The first-order valence-corrected chi connectivity index (χ1v) is 10.6. The standard InChI is InChI=1S/C25H19N5O6/c1-14-9-19-20(10-15(14)2)28-25(27-19)17(13-26)11-16-5-4-6-23(35-3)24(16)36-22-8-7-18(29(31)32)12-21(22)30(33)34/h4-12H,1-3H3,(H,27,28)/b17-11+. The summed E-state index contributed by atoms with van der Waals surface area (Å²) in [7, 11) is 1.40. The monoisotopic (exact) mass is 485 g/mol. The van der Waals surface area contributed by atoms with Gasteiger partial charge in [-0.3, -0.25) is 20.2 Å². The minimum absolute atomic E-state index is 0.0903. The number of aryl methyl sites for hydroxylation is 2. The van der Waals surface area contributed by atoms with Gasteiger partial charge in [0.15, 0.2) is 11.5 Å². The normalized spacial score (nSPS) is 11.2. The molecule has 3 aromatic carbocycles. The van der Waals surface area contributed by atoms with E-state index in [4.69, 9.17) is 9.47 Å². The predicted octanol–water partition coefficient (Wildman–Crippen LogP) is 5.86. The molecule has 1 N–H and O–H groups in total. The number of aromatic nitrogens is 2. The number of aromatic amines is 1. The number of nitriles is 1. The van der Waals surface area contributed by atoms with Gasteiger partial charge in [0.1, 0.15) is 11.9 Å². The van der Waals surface area contributed by atoms with E-state index in [1.807, 2.05) is 26.0 Å². The summed E-state index contributed by atoms with van der Waals surface area (Å²) < 4.78 is 11.2. The molecule has 0 unspecified atom stereocenters. The summed E-state index contributed by atoms with van der Waals surface area (Å²) in [4.78, 5) is 28.8. The first kappa shape index (κ1) is 23.9. The van der Waals surface area contributed by atoms with Crippen LogP contribution in [-0.2, 0) is 0 Å². The minimum atomic E-state index is -0.771. The fraction of sp³-hybridized carbons (Fsp3) is 0.120. The van der Waals surface area contributed by atoms with Crippen LogP contribution in [0.3, 0.4) is 0 Å². The van der Waals surface area contributed by atoms with Crippen molar-refractivity contribution in [1.82, 2.24) is 9.97 Å². The van der Waals surface area contributed by atoms with Gasteiger partial charge in [-0.05, 0) is 55.3 Å². The molecule has 0 atom stereocenters. The summed E-state index contributed by atoms with van der Waals surface area (Å²) in [5.74, 6) is 0.447. The van der Waals surface area contributed by atoms with Crippen molar-refractivity contribution in [3.63, 3.8) is 0 Å². The highest BCUT2D eigenvalue weighted by Gasteiger charge is 2.23. The molecule has 4 aromatic rings. The highest BCUT2D eigenvalue weighted by molar-refractivity contribution is 5.92. The molecule has 11 nitrogen and oxygen atoms in total. The van der Waals surface area contributed by atoms with Crippen LogP contribution in [0.5, 0.6) is 17.2 Å². The van der Waals surface area contributed by atoms with Crippen molar-refractivity contribution in [2.24, 2.45) is 0 Å². The van der Waals surface area contributed by atoms with Crippen molar-refractivity contribution in [2.75, 3.05) is 7.11 Å². The Kier molecular flexibility index (Phi) is 6.34. The van der Waals surface area contributed by atoms with Crippen molar-refractivity contribution in [2.45, 2.75) is 13.8 Å². The maximum atomic E-state index is 11.6. The van der Waals surface area contributed by atoms with Gasteiger partial charge in [0.2, 0.25) is 5.75 Å². The van der Waals surface area contributed by atoms with E-state index in [0.29, 0.717) is 16.9 Å². The van der Waals surface area contributed by atoms with Crippen LogP contribution < -0.4 is 9.47 Å². The number of nitro benzene ring substituents is 2. The van der Waals surface area contributed by atoms with Gasteiger partial charge in [-0.2, -0.15) is 5.26 Å². The van der Waals surface area contributed by atoms with E-state index in [1.54, 1.807) is 18.2 Å². The summed E-state index contributed by atoms with van der Waals surface area (Å²) in [6.45, 7) is 3.95. The van der Waals surface area contributed by atoms with Crippen molar-refractivity contribution in [3.05, 3.63) is 91.3 Å². The molecule has 0 saturated carbocycles. The number of nitrogens with zero attached hydrogens (tertiary/aromatic N) is 4. The summed E-state index contributed by atoms with van der Waals surface area (Å²) in [6.07, 6.45) is 1.52. The molecule has 0 amide bonds. The second-order valence-corrected chi connectivity index (χ2v) is 7.86. The topological polar surface area (TPSA) is 157 Å². The van der Waals surface area contributed by atoms with Gasteiger partial charge in [-0.1, -0.05) is 12.1 Å². The van der Waals surface area contributed by atoms with E-state index in [2.05, 4.69) is 16.0 Å². The minimum Gasteiger partial charge on any atom is -0.493 e. The number of ether oxygens (including phenoxy) is 2. The fourth-order valence-corrected chi connectivity index (χ4v) is 3.58. The molecule has 4 rings (SSSR count). The van der Waals surface area contributed by atoms with Crippen LogP contribution in [0.1, 0.15) is 22.5 Å². The number of hydrogen-bond donors (Lipinski definition) is 1. The number of hydrogen-bond acceptors (Lipinski definition) is 8. The molecule has 0 saturated heterocycles. The number of nitro groups is 2. The van der Waals surface area contributed by atoms with Crippen LogP contribution >= 0.6 is 0 Å². The maximum Gasteiger partial charge on any atom is 0.318 e. The Hall–Kier alpha value is -5.24. The average molecular weight is 485 g/mol. The zero-order chi connectivity index (χ0) is 26.0. The lowest BCUT2D eigenvalue weighted by Crippen LogP contribution is -1.98. The molecule has 0 aliphatic heterocycles. The number of methoxy groups -OCH3 is 1. The first-order valence-electron chi connectivity index (χ1n) is 10.6. The number of allylic oxidation sites excluding steroid dienone is 1. The quantitative estimate of drug-likeness (QED) is 0.194. The molecular weight excluding hydrogens is 466 g/mol. The largest absolute Gasteiger partial charge is 0.493 e. The Morgan fingerprint density at radius 1 is 1.06 bits per heavy atom. The van der Waals surface area contributed by atoms with E-state index in [-0.39, 0.29) is 22.8 Å². The highest BCUT2D eigenvalue weighted by atomic mass is 16.6. The van der Waals surface area contributed by atoms with Gasteiger partial charge >= 0.3 is 5.69 Å². The Labute approximate surface area is 204 Å². The van der Waals surface area contributed by atoms with Gasteiger partial charge in [-0.25, -0.2) is 4.98 Å². The lowest BCUT2D eigenvalue weighted by Gasteiger charge is -2.13. The van der Waals surface area contributed by atoms with Gasteiger partial charge in [0, 0.05) is 11.6 Å². The number of para-hydroxylation sites is 1. The summed E-state index contributed by atoms with van der Waals surface area (Å²) in [5.41, 5.74) is 3.16. The van der Waals surface area contributed by atoms with E-state index < -0.39 is 21.2 Å². The fourth-order valence-electron chi connectivity index (χ4n) is 3.58. The molecular formula is C25H19N5O6. The van der Waals surface area contributed by atoms with Crippen LogP contribution in [0, 0.1) is 45.4 Å². The molecule has 0 radical (unpaired) electrons. The molecule has 1 aromatic heterocycles. The van der Waals surface area contributed by atoms with Crippen LogP contribution in [0.4, 0.5) is 11.4 Å². The summed E-state index contributed by atoms with van der Waals surface area (Å²) in [6, 6.07) is 14.0. The lowest BCUT2D eigenvalue weighted by molar-refractivity contribution is -0.394. The van der Waals surface area contributed by atoms with E-state index in [9.17, 15) is 25.5 Å². The van der Waals surface area contributed by atoms with Crippen molar-refractivity contribution in [1.29, 1.82) is 5.26 Å². The third kappa shape index (κ3) is 4.55. The van der Waals surface area contributed by atoms with E-state index >= 15 is 0 Å². The van der Waals surface area contributed by atoms with Crippen LogP contribution in [0.15, 0.2) is 48.5 Å². The average Bonchev–Trinajstić information content (AvgIpc) is 3.25. The smallest absolute Gasteiger partial charge is 0.318 e. The van der Waals surface area contributed by atoms with Crippen LogP contribution in [0.25, 0.3) is 22.7 Å². The number of benzene rings is 3. The molecule has 11 heteroatoms. The first-order chi connectivity index (χ1) is 17.2. The number of nitrogens with one attached hydrogen (secondary N) is 1. The number of H-pyrrole nitrogens is 1.